The third kappa shape index (κ3) is 1.89. The van der Waals surface area contributed by atoms with Crippen molar-refractivity contribution >= 4 is 15.9 Å². The fourth-order valence-electron chi connectivity index (χ4n) is 2.52. The summed E-state index contributed by atoms with van der Waals surface area (Å²) in [5.41, 5.74) is -0.504. The van der Waals surface area contributed by atoms with Crippen LogP contribution in [0.1, 0.15) is 31.7 Å². The number of halogens is 3. The quantitative estimate of drug-likeness (QED) is 0.785. The van der Waals surface area contributed by atoms with Crippen LogP contribution in [0.5, 0.6) is 0 Å². The van der Waals surface area contributed by atoms with Gasteiger partial charge in [-0.15, -0.1) is 0 Å². The number of rotatable bonds is 1. The van der Waals surface area contributed by atoms with Crippen molar-refractivity contribution in [1.29, 1.82) is 0 Å². The van der Waals surface area contributed by atoms with Crippen LogP contribution >= 0.6 is 15.9 Å². The van der Waals surface area contributed by atoms with Gasteiger partial charge in [0.05, 0.1) is 10.6 Å². The van der Waals surface area contributed by atoms with Crippen molar-refractivity contribution in [2.24, 2.45) is 0 Å². The Morgan fingerprint density at radius 2 is 2.12 bits per heavy atom. The van der Waals surface area contributed by atoms with Crippen LogP contribution in [0.15, 0.2) is 16.6 Å². The normalized spacial score (nSPS) is 29.7. The van der Waals surface area contributed by atoms with Gasteiger partial charge in [-0.1, -0.05) is 6.92 Å². The lowest BCUT2D eigenvalue weighted by molar-refractivity contribution is 0.174. The van der Waals surface area contributed by atoms with E-state index in [1.807, 2.05) is 0 Å². The van der Waals surface area contributed by atoms with Gasteiger partial charge in [-0.05, 0) is 47.3 Å². The van der Waals surface area contributed by atoms with Crippen LogP contribution in [0.25, 0.3) is 0 Å². The zero-order valence-electron chi connectivity index (χ0n) is 8.93. The van der Waals surface area contributed by atoms with Gasteiger partial charge in [0.1, 0.15) is 11.6 Å². The Bertz CT molecular complexity index is 422. The Balaban J connectivity index is 2.51. The predicted molar refractivity (Wildman–Crippen MR) is 61.3 cm³/mol. The maximum Gasteiger partial charge on any atom is 0.144 e. The molecule has 0 aliphatic heterocycles. The first kappa shape index (κ1) is 12.0. The molecule has 88 valence electrons. The molecule has 4 heteroatoms. The molecule has 0 radical (unpaired) electrons. The molecule has 1 nitrogen and oxygen atoms in total. The molecule has 1 N–H and O–H groups in total. The summed E-state index contributed by atoms with van der Waals surface area (Å²) in [7, 11) is 0. The van der Waals surface area contributed by atoms with E-state index in [-0.39, 0.29) is 10.0 Å². The molecule has 2 unspecified atom stereocenters. The van der Waals surface area contributed by atoms with E-state index in [2.05, 4.69) is 15.9 Å². The van der Waals surface area contributed by atoms with Gasteiger partial charge in [-0.25, -0.2) is 8.78 Å². The molecule has 0 saturated heterocycles. The Kier molecular flexibility index (Phi) is 3.05. The standard InChI is InChI=1S/C12H13BrF2O/c1-12(5-4-7(16)6-12)10-9(14)3-2-8(13)11(10)15/h2-3,7,16H,4-6H2,1H3. The highest BCUT2D eigenvalue weighted by atomic mass is 79.9. The van der Waals surface area contributed by atoms with E-state index in [9.17, 15) is 13.9 Å². The van der Waals surface area contributed by atoms with Crippen molar-refractivity contribution < 1.29 is 13.9 Å². The highest BCUT2D eigenvalue weighted by Crippen LogP contribution is 2.43. The van der Waals surface area contributed by atoms with Crippen molar-refractivity contribution in [3.05, 3.63) is 33.8 Å². The third-order valence-corrected chi connectivity index (χ3v) is 3.98. The maximum atomic E-state index is 13.9. The van der Waals surface area contributed by atoms with Crippen molar-refractivity contribution in [2.45, 2.75) is 37.7 Å². The molecule has 2 atom stereocenters. The minimum absolute atomic E-state index is 0.0958. The topological polar surface area (TPSA) is 20.2 Å². The van der Waals surface area contributed by atoms with Crippen LogP contribution < -0.4 is 0 Å². The van der Waals surface area contributed by atoms with E-state index >= 15 is 0 Å². The molecule has 0 heterocycles. The molecule has 1 aliphatic carbocycles. The second-order valence-electron chi connectivity index (χ2n) is 4.68. The van der Waals surface area contributed by atoms with Crippen LogP contribution in [-0.4, -0.2) is 11.2 Å². The van der Waals surface area contributed by atoms with E-state index < -0.39 is 23.2 Å². The average Bonchev–Trinajstić information content (AvgIpc) is 2.54. The van der Waals surface area contributed by atoms with Gasteiger partial charge in [0, 0.05) is 11.0 Å². The van der Waals surface area contributed by atoms with E-state index in [0.29, 0.717) is 19.3 Å². The van der Waals surface area contributed by atoms with E-state index in [1.165, 1.54) is 12.1 Å². The van der Waals surface area contributed by atoms with Gasteiger partial charge in [0.15, 0.2) is 0 Å². The smallest absolute Gasteiger partial charge is 0.144 e. The summed E-state index contributed by atoms with van der Waals surface area (Å²) >= 11 is 3.06. The molecule has 1 aliphatic rings. The molecular formula is C12H13BrF2O. The third-order valence-electron chi connectivity index (χ3n) is 3.36. The first-order valence-corrected chi connectivity index (χ1v) is 6.05. The zero-order chi connectivity index (χ0) is 11.9. The molecule has 1 saturated carbocycles. The largest absolute Gasteiger partial charge is 0.393 e. The van der Waals surface area contributed by atoms with Gasteiger partial charge in [0.2, 0.25) is 0 Å². The van der Waals surface area contributed by atoms with Crippen molar-refractivity contribution in [3.8, 4) is 0 Å². The molecule has 0 amide bonds. The maximum absolute atomic E-state index is 13.9. The molecule has 1 aromatic carbocycles. The molecule has 1 aromatic rings. The molecule has 16 heavy (non-hydrogen) atoms. The molecule has 2 rings (SSSR count). The van der Waals surface area contributed by atoms with Gasteiger partial charge in [-0.2, -0.15) is 0 Å². The van der Waals surface area contributed by atoms with Gasteiger partial charge >= 0.3 is 0 Å². The Morgan fingerprint density at radius 3 is 2.69 bits per heavy atom. The summed E-state index contributed by atoms with van der Waals surface area (Å²) < 4.78 is 27.9. The molecule has 1 fully saturated rings. The van der Waals surface area contributed by atoms with E-state index in [0.717, 1.165) is 0 Å². The summed E-state index contributed by atoms with van der Waals surface area (Å²) in [6, 6.07) is 2.63. The summed E-state index contributed by atoms with van der Waals surface area (Å²) in [5, 5.41) is 9.52. The summed E-state index contributed by atoms with van der Waals surface area (Å²) in [6.07, 6.45) is 1.17. The summed E-state index contributed by atoms with van der Waals surface area (Å²) in [4.78, 5) is 0. The first-order chi connectivity index (χ1) is 7.44. The minimum atomic E-state index is -0.600. The molecule has 0 bridgehead atoms. The average molecular weight is 291 g/mol. The Morgan fingerprint density at radius 1 is 1.44 bits per heavy atom. The molecule has 0 aromatic heterocycles. The number of aliphatic hydroxyl groups is 1. The van der Waals surface area contributed by atoms with Crippen LogP contribution in [-0.2, 0) is 5.41 Å². The SMILES string of the molecule is CC1(c2c(F)ccc(Br)c2F)CCC(O)C1. The van der Waals surface area contributed by atoms with Crippen molar-refractivity contribution in [3.63, 3.8) is 0 Å². The monoisotopic (exact) mass is 290 g/mol. The van der Waals surface area contributed by atoms with Crippen LogP contribution in [0.2, 0.25) is 0 Å². The van der Waals surface area contributed by atoms with Gasteiger partial charge < -0.3 is 5.11 Å². The second kappa shape index (κ2) is 4.08. The minimum Gasteiger partial charge on any atom is -0.393 e. The van der Waals surface area contributed by atoms with Gasteiger partial charge in [-0.3, -0.25) is 0 Å². The van der Waals surface area contributed by atoms with Crippen LogP contribution in [0.4, 0.5) is 8.78 Å². The second-order valence-corrected chi connectivity index (χ2v) is 5.53. The Hall–Kier alpha value is -0.480. The highest BCUT2D eigenvalue weighted by molar-refractivity contribution is 9.10. The number of hydrogen-bond donors (Lipinski definition) is 1. The van der Waals surface area contributed by atoms with Crippen LogP contribution in [0, 0.1) is 11.6 Å². The molecular weight excluding hydrogens is 278 g/mol. The first-order valence-electron chi connectivity index (χ1n) is 5.26. The highest BCUT2D eigenvalue weighted by Gasteiger charge is 2.39. The lowest BCUT2D eigenvalue weighted by atomic mass is 9.80. The lowest BCUT2D eigenvalue weighted by Crippen LogP contribution is -2.22. The zero-order valence-corrected chi connectivity index (χ0v) is 10.5. The summed E-state index contributed by atoms with van der Waals surface area (Å²) in [6.45, 7) is 1.80. The predicted octanol–water partition coefficient (Wildman–Crippen LogP) is 3.53. The number of benzene rings is 1. The fourth-order valence-corrected chi connectivity index (χ4v) is 2.85. The fraction of sp³-hybridized carbons (Fsp3) is 0.500. The molecule has 0 spiro atoms. The summed E-state index contributed by atoms with van der Waals surface area (Å²) in [5.74, 6) is -1.08. The van der Waals surface area contributed by atoms with Gasteiger partial charge in [0.25, 0.3) is 0 Å². The van der Waals surface area contributed by atoms with E-state index in [1.54, 1.807) is 6.92 Å². The Labute approximate surface area is 102 Å². The van der Waals surface area contributed by atoms with Crippen molar-refractivity contribution in [1.82, 2.24) is 0 Å². The van der Waals surface area contributed by atoms with Crippen LogP contribution in [0.3, 0.4) is 0 Å². The van der Waals surface area contributed by atoms with E-state index in [4.69, 9.17) is 0 Å². The number of hydrogen-bond acceptors (Lipinski definition) is 1. The lowest BCUT2D eigenvalue weighted by Gasteiger charge is -2.25. The number of aliphatic hydroxyl groups excluding tert-OH is 1. The van der Waals surface area contributed by atoms with Crippen molar-refractivity contribution in [2.75, 3.05) is 0 Å².